The van der Waals surface area contributed by atoms with Crippen molar-refractivity contribution in [2.75, 3.05) is 13.7 Å². The van der Waals surface area contributed by atoms with Crippen molar-refractivity contribution in [1.82, 2.24) is 10.3 Å². The van der Waals surface area contributed by atoms with Gasteiger partial charge in [0.05, 0.1) is 6.10 Å². The maximum absolute atomic E-state index is 12.1. The lowest BCUT2D eigenvalue weighted by Crippen LogP contribution is -2.39. The Morgan fingerprint density at radius 3 is 2.67 bits per heavy atom. The molecule has 1 aliphatic heterocycles. The molecule has 0 aromatic carbocycles. The van der Waals surface area contributed by atoms with E-state index in [2.05, 4.69) is 10.3 Å². The van der Waals surface area contributed by atoms with Crippen molar-refractivity contribution >= 4 is 12.1 Å². The van der Waals surface area contributed by atoms with Crippen molar-refractivity contribution in [3.8, 4) is 0 Å². The largest absolute Gasteiger partial charge is 0.377 e. The van der Waals surface area contributed by atoms with Crippen LogP contribution in [0.25, 0.3) is 0 Å². The van der Waals surface area contributed by atoms with Gasteiger partial charge in [0.2, 0.25) is 5.91 Å². The van der Waals surface area contributed by atoms with Crippen LogP contribution in [0.5, 0.6) is 0 Å². The van der Waals surface area contributed by atoms with E-state index in [0.29, 0.717) is 12.4 Å². The highest BCUT2D eigenvalue weighted by Crippen LogP contribution is 2.20. The monoisotopic (exact) mass is 294 g/mol. The summed E-state index contributed by atoms with van der Waals surface area (Å²) in [4.78, 5) is 16.4. The van der Waals surface area contributed by atoms with Gasteiger partial charge in [0.15, 0.2) is 0 Å². The molecule has 1 atom stereocenters. The third-order valence-corrected chi connectivity index (χ3v) is 3.23. The minimum absolute atomic E-state index is 0.0227. The Labute approximate surface area is 126 Å². The van der Waals surface area contributed by atoms with Gasteiger partial charge in [0, 0.05) is 37.1 Å². The fourth-order valence-corrected chi connectivity index (χ4v) is 1.96. The summed E-state index contributed by atoms with van der Waals surface area (Å²) in [5.41, 5.74) is 0.420. The number of hydrogen-bond donors (Lipinski definition) is 2. The number of nitrogens with zero attached hydrogens (tertiary/aromatic N) is 2. The highest BCUT2D eigenvalue weighted by molar-refractivity contribution is 5.81. The number of hydrogen-bond acceptors (Lipinski definition) is 5. The number of aliphatic imine (C=N–C) groups is 1. The van der Waals surface area contributed by atoms with Crippen molar-refractivity contribution in [2.24, 2.45) is 16.3 Å². The molecular formula is C15H26N4O2. The van der Waals surface area contributed by atoms with E-state index in [0.717, 1.165) is 12.0 Å². The Bertz CT molecular complexity index is 457. The fraction of sp³-hybridized carbons (Fsp3) is 0.600. The number of ether oxygens (including phenoxy) is 1. The summed E-state index contributed by atoms with van der Waals surface area (Å²) in [5.74, 6) is 6.51. The first kappa shape index (κ1) is 17.4. The number of nitrogens with one attached hydrogen (secondary N) is 1. The fourth-order valence-electron chi connectivity index (χ4n) is 1.96. The highest BCUT2D eigenvalue weighted by Gasteiger charge is 2.24. The van der Waals surface area contributed by atoms with Crippen LogP contribution in [0.4, 0.5) is 0 Å². The van der Waals surface area contributed by atoms with E-state index in [-0.39, 0.29) is 12.0 Å². The molecule has 6 heteroatoms. The zero-order valence-electron chi connectivity index (χ0n) is 13.5. The van der Waals surface area contributed by atoms with Crippen LogP contribution in [-0.2, 0) is 9.53 Å². The molecule has 0 bridgehead atoms. The van der Waals surface area contributed by atoms with Gasteiger partial charge >= 0.3 is 0 Å². The zero-order valence-corrected chi connectivity index (χ0v) is 13.5. The average Bonchev–Trinajstić information content (AvgIpc) is 2.43. The summed E-state index contributed by atoms with van der Waals surface area (Å²) in [7, 11) is 1.64. The summed E-state index contributed by atoms with van der Waals surface area (Å²) in [6.07, 6.45) is 5.77. The topological polar surface area (TPSA) is 80.0 Å². The van der Waals surface area contributed by atoms with Gasteiger partial charge in [-0.15, -0.1) is 0 Å². The summed E-state index contributed by atoms with van der Waals surface area (Å²) in [6.45, 7) is 8.00. The second-order valence-electron chi connectivity index (χ2n) is 5.94. The van der Waals surface area contributed by atoms with Crippen LogP contribution in [0.15, 0.2) is 28.7 Å². The second kappa shape index (κ2) is 7.38. The lowest BCUT2D eigenvalue weighted by molar-refractivity contribution is -0.128. The quantitative estimate of drug-likeness (QED) is 0.754. The predicted octanol–water partition coefficient (Wildman–Crippen LogP) is 1.56. The standard InChI is InChI=1S/C15H26N4O2/c1-6-12(21-5)11(10-18-14(20)15(2,3)4)13-17-8-7-9-19(13)16/h7-9,12H,6,10,16H2,1-5H3,(H,18,20)/b13-11-. The molecule has 0 radical (unpaired) electrons. The van der Waals surface area contributed by atoms with Crippen LogP contribution in [-0.4, -0.2) is 36.9 Å². The lowest BCUT2D eigenvalue weighted by Gasteiger charge is -2.26. The first-order valence-electron chi connectivity index (χ1n) is 7.10. The number of carbonyl (C=O) groups excluding carboxylic acids is 1. The van der Waals surface area contributed by atoms with Crippen molar-refractivity contribution in [3.05, 3.63) is 23.7 Å². The number of carbonyl (C=O) groups is 1. The van der Waals surface area contributed by atoms with E-state index >= 15 is 0 Å². The van der Waals surface area contributed by atoms with Crippen LogP contribution in [0.3, 0.4) is 0 Å². The number of methoxy groups -OCH3 is 1. The van der Waals surface area contributed by atoms with Crippen molar-refractivity contribution in [2.45, 2.75) is 40.2 Å². The number of amides is 1. The number of nitrogens with two attached hydrogens (primary N) is 1. The molecule has 0 fully saturated rings. The van der Waals surface area contributed by atoms with Crippen LogP contribution >= 0.6 is 0 Å². The molecule has 0 aliphatic carbocycles. The van der Waals surface area contributed by atoms with E-state index < -0.39 is 5.41 Å². The van der Waals surface area contributed by atoms with Gasteiger partial charge in [-0.3, -0.25) is 9.80 Å². The van der Waals surface area contributed by atoms with E-state index in [9.17, 15) is 4.79 Å². The van der Waals surface area contributed by atoms with E-state index in [4.69, 9.17) is 10.6 Å². The van der Waals surface area contributed by atoms with Crippen molar-refractivity contribution in [1.29, 1.82) is 0 Å². The summed E-state index contributed by atoms with van der Waals surface area (Å²) >= 11 is 0. The molecule has 0 aromatic heterocycles. The SMILES string of the molecule is CCC(OC)/C(CNC(=O)C(C)(C)C)=C1/N=CC=CN1N. The molecule has 0 spiro atoms. The van der Waals surface area contributed by atoms with Gasteiger partial charge in [-0.05, 0) is 12.5 Å². The Balaban J connectivity index is 2.99. The van der Waals surface area contributed by atoms with Gasteiger partial charge in [-0.2, -0.15) is 0 Å². The number of allylic oxidation sites excluding steroid dienone is 1. The molecule has 118 valence electrons. The first-order valence-corrected chi connectivity index (χ1v) is 7.10. The first-order chi connectivity index (χ1) is 9.81. The molecule has 1 rings (SSSR count). The molecule has 21 heavy (non-hydrogen) atoms. The third kappa shape index (κ3) is 4.68. The maximum Gasteiger partial charge on any atom is 0.225 e. The van der Waals surface area contributed by atoms with E-state index in [1.165, 1.54) is 5.01 Å². The van der Waals surface area contributed by atoms with Gasteiger partial charge < -0.3 is 10.1 Å². The summed E-state index contributed by atoms with van der Waals surface area (Å²) in [6, 6.07) is 0. The molecule has 1 amide bonds. The number of rotatable bonds is 5. The summed E-state index contributed by atoms with van der Waals surface area (Å²) < 4.78 is 5.49. The summed E-state index contributed by atoms with van der Waals surface area (Å²) in [5, 5.41) is 4.38. The Morgan fingerprint density at radius 2 is 2.19 bits per heavy atom. The minimum atomic E-state index is -0.442. The van der Waals surface area contributed by atoms with Gasteiger partial charge in [-0.1, -0.05) is 27.7 Å². The van der Waals surface area contributed by atoms with Crippen LogP contribution in [0.2, 0.25) is 0 Å². The Morgan fingerprint density at radius 1 is 1.52 bits per heavy atom. The van der Waals surface area contributed by atoms with Crippen LogP contribution in [0.1, 0.15) is 34.1 Å². The number of hydrazine groups is 1. The van der Waals surface area contributed by atoms with Crippen molar-refractivity contribution in [3.63, 3.8) is 0 Å². The zero-order chi connectivity index (χ0) is 16.0. The predicted molar refractivity (Wildman–Crippen MR) is 84.2 cm³/mol. The highest BCUT2D eigenvalue weighted by atomic mass is 16.5. The van der Waals surface area contributed by atoms with Crippen LogP contribution < -0.4 is 11.2 Å². The van der Waals surface area contributed by atoms with Crippen molar-refractivity contribution < 1.29 is 9.53 Å². The van der Waals surface area contributed by atoms with Gasteiger partial charge in [0.25, 0.3) is 0 Å². The van der Waals surface area contributed by atoms with E-state index in [1.807, 2.05) is 27.7 Å². The Kier molecular flexibility index (Phi) is 6.11. The van der Waals surface area contributed by atoms with E-state index in [1.54, 1.807) is 25.6 Å². The third-order valence-electron chi connectivity index (χ3n) is 3.23. The molecule has 1 heterocycles. The van der Waals surface area contributed by atoms with Crippen LogP contribution in [0, 0.1) is 5.41 Å². The molecule has 1 unspecified atom stereocenters. The van der Waals surface area contributed by atoms with Gasteiger partial charge in [0.1, 0.15) is 5.82 Å². The molecule has 0 saturated carbocycles. The molecule has 1 aliphatic rings. The van der Waals surface area contributed by atoms with Gasteiger partial charge in [-0.25, -0.2) is 10.8 Å². The Hall–Kier alpha value is -1.66. The molecular weight excluding hydrogens is 268 g/mol. The maximum atomic E-state index is 12.1. The normalized spacial score (nSPS) is 18.7. The minimum Gasteiger partial charge on any atom is -0.377 e. The molecule has 3 N–H and O–H groups in total. The average molecular weight is 294 g/mol. The smallest absolute Gasteiger partial charge is 0.225 e. The molecule has 6 nitrogen and oxygen atoms in total. The second-order valence-corrected chi connectivity index (χ2v) is 5.94. The molecule has 0 aromatic rings. The lowest BCUT2D eigenvalue weighted by atomic mass is 9.95. The molecule has 0 saturated heterocycles.